The number of carbonyl (C=O) groups is 1. The van der Waals surface area contributed by atoms with E-state index in [0.29, 0.717) is 12.8 Å². The molecule has 1 aliphatic carbocycles. The Labute approximate surface area is 126 Å². The second-order valence-corrected chi connectivity index (χ2v) is 5.85. The summed E-state index contributed by atoms with van der Waals surface area (Å²) in [5, 5.41) is 15.0. The molecule has 0 saturated heterocycles. The molecule has 0 unspecified atom stereocenters. The van der Waals surface area contributed by atoms with Crippen LogP contribution in [-0.4, -0.2) is 18.5 Å². The van der Waals surface area contributed by atoms with Crippen molar-refractivity contribution >= 4 is 11.6 Å². The van der Waals surface area contributed by atoms with Gasteiger partial charge in [-0.2, -0.15) is 5.26 Å². The Morgan fingerprint density at radius 3 is 2.48 bits per heavy atom. The van der Waals surface area contributed by atoms with Crippen LogP contribution in [0.4, 0.5) is 5.69 Å². The van der Waals surface area contributed by atoms with Crippen LogP contribution in [0.15, 0.2) is 24.3 Å². The SMILES string of the molecule is CNC1(CC(=O)Nc2ccc(CC#N)cc2)CCCCC1. The molecule has 0 spiro atoms. The van der Waals surface area contributed by atoms with Crippen LogP contribution >= 0.6 is 0 Å². The van der Waals surface area contributed by atoms with E-state index < -0.39 is 0 Å². The van der Waals surface area contributed by atoms with Gasteiger partial charge in [-0.3, -0.25) is 4.79 Å². The molecular weight excluding hydrogens is 262 g/mol. The topological polar surface area (TPSA) is 64.9 Å². The van der Waals surface area contributed by atoms with Crippen molar-refractivity contribution in [2.45, 2.75) is 50.5 Å². The van der Waals surface area contributed by atoms with Gasteiger partial charge < -0.3 is 10.6 Å². The average Bonchev–Trinajstić information content (AvgIpc) is 2.50. The first kappa shape index (κ1) is 15.5. The quantitative estimate of drug-likeness (QED) is 0.874. The van der Waals surface area contributed by atoms with Crippen LogP contribution in [0.2, 0.25) is 0 Å². The summed E-state index contributed by atoms with van der Waals surface area (Å²) in [6, 6.07) is 9.60. The van der Waals surface area contributed by atoms with Crippen LogP contribution in [0.3, 0.4) is 0 Å². The zero-order valence-electron chi connectivity index (χ0n) is 12.6. The van der Waals surface area contributed by atoms with Crippen molar-refractivity contribution in [1.82, 2.24) is 5.32 Å². The van der Waals surface area contributed by atoms with Crippen LogP contribution in [0.1, 0.15) is 44.1 Å². The monoisotopic (exact) mass is 285 g/mol. The Morgan fingerprint density at radius 1 is 1.24 bits per heavy atom. The molecule has 1 aromatic carbocycles. The number of amides is 1. The lowest BCUT2D eigenvalue weighted by atomic mass is 9.79. The number of benzene rings is 1. The lowest BCUT2D eigenvalue weighted by molar-refractivity contribution is -0.117. The van der Waals surface area contributed by atoms with Crippen molar-refractivity contribution < 1.29 is 4.79 Å². The highest BCUT2D eigenvalue weighted by Crippen LogP contribution is 2.31. The lowest BCUT2D eigenvalue weighted by Gasteiger charge is -2.36. The van der Waals surface area contributed by atoms with E-state index in [1.165, 1.54) is 19.3 Å². The van der Waals surface area contributed by atoms with Gasteiger partial charge in [0.05, 0.1) is 12.5 Å². The van der Waals surface area contributed by atoms with E-state index in [0.717, 1.165) is 24.1 Å². The fraction of sp³-hybridized carbons (Fsp3) is 0.529. The first-order chi connectivity index (χ1) is 10.2. The third-order valence-electron chi connectivity index (χ3n) is 4.36. The van der Waals surface area contributed by atoms with Crippen LogP contribution in [0.25, 0.3) is 0 Å². The van der Waals surface area contributed by atoms with Gasteiger partial charge in [-0.15, -0.1) is 0 Å². The molecule has 4 heteroatoms. The van der Waals surface area contributed by atoms with Crippen LogP contribution in [0, 0.1) is 11.3 Å². The number of hydrogen-bond acceptors (Lipinski definition) is 3. The molecule has 2 rings (SSSR count). The second kappa shape index (κ2) is 7.24. The first-order valence-corrected chi connectivity index (χ1v) is 7.62. The Kier molecular flexibility index (Phi) is 5.35. The van der Waals surface area contributed by atoms with E-state index in [2.05, 4.69) is 16.7 Å². The van der Waals surface area contributed by atoms with E-state index in [1.807, 2.05) is 31.3 Å². The summed E-state index contributed by atoms with van der Waals surface area (Å²) in [5.74, 6) is 0.0549. The average molecular weight is 285 g/mol. The Bertz CT molecular complexity index is 510. The van der Waals surface area contributed by atoms with E-state index in [9.17, 15) is 4.79 Å². The maximum atomic E-state index is 12.3. The summed E-state index contributed by atoms with van der Waals surface area (Å²) < 4.78 is 0. The molecule has 0 radical (unpaired) electrons. The summed E-state index contributed by atoms with van der Waals surface area (Å²) in [7, 11) is 1.95. The molecule has 1 fully saturated rings. The van der Waals surface area contributed by atoms with Crippen molar-refractivity contribution in [3.05, 3.63) is 29.8 Å². The van der Waals surface area contributed by atoms with Crippen LogP contribution in [-0.2, 0) is 11.2 Å². The van der Waals surface area contributed by atoms with Gasteiger partial charge in [-0.05, 0) is 37.6 Å². The summed E-state index contributed by atoms with van der Waals surface area (Å²) in [6.07, 6.45) is 6.70. The fourth-order valence-corrected chi connectivity index (χ4v) is 3.05. The van der Waals surface area contributed by atoms with Crippen molar-refractivity contribution in [2.75, 3.05) is 12.4 Å². The maximum absolute atomic E-state index is 12.3. The zero-order valence-corrected chi connectivity index (χ0v) is 12.6. The largest absolute Gasteiger partial charge is 0.326 e. The van der Waals surface area contributed by atoms with E-state index in [1.54, 1.807) is 0 Å². The lowest BCUT2D eigenvalue weighted by Crippen LogP contribution is -2.47. The van der Waals surface area contributed by atoms with Crippen molar-refractivity contribution in [1.29, 1.82) is 5.26 Å². The molecule has 4 nitrogen and oxygen atoms in total. The van der Waals surface area contributed by atoms with Gasteiger partial charge in [-0.1, -0.05) is 31.4 Å². The molecule has 0 aromatic heterocycles. The molecule has 0 aliphatic heterocycles. The molecule has 0 bridgehead atoms. The van der Waals surface area contributed by atoms with Gasteiger partial charge in [0.15, 0.2) is 0 Å². The minimum absolute atomic E-state index is 0.0386. The highest BCUT2D eigenvalue weighted by Gasteiger charge is 2.32. The van der Waals surface area contributed by atoms with Crippen molar-refractivity contribution in [2.24, 2.45) is 0 Å². The summed E-state index contributed by atoms with van der Waals surface area (Å²) >= 11 is 0. The third kappa shape index (κ3) is 4.30. The number of anilines is 1. The van der Waals surface area contributed by atoms with Gasteiger partial charge >= 0.3 is 0 Å². The maximum Gasteiger partial charge on any atom is 0.226 e. The number of nitrogens with zero attached hydrogens (tertiary/aromatic N) is 1. The number of nitriles is 1. The number of rotatable bonds is 5. The van der Waals surface area contributed by atoms with Gasteiger partial charge in [0.2, 0.25) is 5.91 Å². The highest BCUT2D eigenvalue weighted by atomic mass is 16.1. The normalized spacial score (nSPS) is 17.0. The predicted molar refractivity (Wildman–Crippen MR) is 83.9 cm³/mol. The van der Waals surface area contributed by atoms with E-state index >= 15 is 0 Å². The fourth-order valence-electron chi connectivity index (χ4n) is 3.05. The summed E-state index contributed by atoms with van der Waals surface area (Å²) in [5.41, 5.74) is 1.72. The molecule has 21 heavy (non-hydrogen) atoms. The number of carbonyl (C=O) groups excluding carboxylic acids is 1. The van der Waals surface area contributed by atoms with Gasteiger partial charge in [0.25, 0.3) is 0 Å². The zero-order chi connectivity index (χ0) is 15.1. The van der Waals surface area contributed by atoms with E-state index in [-0.39, 0.29) is 11.4 Å². The molecule has 1 saturated carbocycles. The molecule has 1 aliphatic rings. The molecule has 0 heterocycles. The Hall–Kier alpha value is -1.86. The Balaban J connectivity index is 1.93. The first-order valence-electron chi connectivity index (χ1n) is 7.62. The third-order valence-corrected chi connectivity index (χ3v) is 4.36. The van der Waals surface area contributed by atoms with Crippen LogP contribution in [0.5, 0.6) is 0 Å². The van der Waals surface area contributed by atoms with Crippen molar-refractivity contribution in [3.63, 3.8) is 0 Å². The smallest absolute Gasteiger partial charge is 0.226 e. The molecular formula is C17H23N3O. The molecule has 2 N–H and O–H groups in total. The number of hydrogen-bond donors (Lipinski definition) is 2. The molecule has 1 amide bonds. The predicted octanol–water partition coefficient (Wildman–Crippen LogP) is 3.00. The van der Waals surface area contributed by atoms with Gasteiger partial charge in [0.1, 0.15) is 0 Å². The van der Waals surface area contributed by atoms with Crippen LogP contribution < -0.4 is 10.6 Å². The minimum atomic E-state index is -0.0386. The standard InChI is InChI=1S/C17H23N3O/c1-19-17(10-3-2-4-11-17)13-16(21)20-15-7-5-14(6-8-15)9-12-18/h5-8,19H,2-4,9-11,13H2,1H3,(H,20,21). The summed E-state index contributed by atoms with van der Waals surface area (Å²) in [4.78, 5) is 12.3. The van der Waals surface area contributed by atoms with E-state index in [4.69, 9.17) is 5.26 Å². The summed E-state index contributed by atoms with van der Waals surface area (Å²) in [6.45, 7) is 0. The number of nitrogens with one attached hydrogen (secondary N) is 2. The highest BCUT2D eigenvalue weighted by molar-refractivity contribution is 5.91. The molecule has 0 atom stereocenters. The molecule has 112 valence electrons. The second-order valence-electron chi connectivity index (χ2n) is 5.85. The minimum Gasteiger partial charge on any atom is -0.326 e. The van der Waals surface area contributed by atoms with Gasteiger partial charge in [0, 0.05) is 17.6 Å². The Morgan fingerprint density at radius 2 is 1.90 bits per heavy atom. The molecule has 1 aromatic rings. The van der Waals surface area contributed by atoms with Gasteiger partial charge in [-0.25, -0.2) is 0 Å². The van der Waals surface area contributed by atoms with Crippen molar-refractivity contribution in [3.8, 4) is 6.07 Å².